The zero-order valence-electron chi connectivity index (χ0n) is 33.8. The number of anilines is 2. The number of nitrogens with one attached hydrogen (secondary N) is 2. The summed E-state index contributed by atoms with van der Waals surface area (Å²) in [6.45, 7) is -0.0658. The molecule has 7 aromatic rings. The molecule has 14 heteroatoms. The molecule has 0 aliphatic rings. The smallest absolute Gasteiger partial charge is 0.338 e. The topological polar surface area (TPSA) is 196 Å². The molecule has 0 saturated heterocycles. The number of carbonyl (C=O) groups excluding carboxylic acids is 3. The predicted octanol–water partition coefficient (Wildman–Crippen LogP) is 10.2. The van der Waals surface area contributed by atoms with Gasteiger partial charge in [0.1, 0.15) is 42.8 Å². The van der Waals surface area contributed by atoms with Crippen molar-refractivity contribution in [2.45, 2.75) is 19.8 Å². The van der Waals surface area contributed by atoms with E-state index in [9.17, 15) is 34.2 Å². The van der Waals surface area contributed by atoms with Gasteiger partial charge in [0.15, 0.2) is 0 Å². The number of ether oxygens (including phenoxy) is 4. The molecule has 0 fully saturated rings. The minimum Gasteiger partial charge on any atom is -0.478 e. The fraction of sp³-hybridized carbons (Fsp3) is 0.0600. The van der Waals surface area contributed by atoms with E-state index in [0.29, 0.717) is 34.4 Å². The zero-order valence-corrected chi connectivity index (χ0v) is 33.8. The molecule has 320 valence electrons. The van der Waals surface area contributed by atoms with Crippen molar-refractivity contribution in [2.24, 2.45) is 0 Å². The van der Waals surface area contributed by atoms with Crippen LogP contribution in [0.2, 0.25) is 0 Å². The first-order valence-electron chi connectivity index (χ1n) is 19.6. The van der Waals surface area contributed by atoms with Crippen molar-refractivity contribution in [3.8, 4) is 23.0 Å². The second kappa shape index (κ2) is 20.7. The van der Waals surface area contributed by atoms with Gasteiger partial charge in [0, 0.05) is 5.69 Å². The van der Waals surface area contributed by atoms with Gasteiger partial charge in [0.05, 0.1) is 33.5 Å². The SMILES string of the molecule is O=C(OCc1ccccc1)c1ccc(C(=O)O)c(CONc2ccc(Oc3ccc(Oc4ccc(NC(=O)c5cc(C(=O)OCc6ccccc6)ccc5C(=O)O)cc4)cc3)cc2)c1. The first-order chi connectivity index (χ1) is 31.1. The van der Waals surface area contributed by atoms with Gasteiger partial charge in [-0.3, -0.25) is 15.1 Å². The summed E-state index contributed by atoms with van der Waals surface area (Å²) in [7, 11) is 0. The molecule has 0 aliphatic heterocycles. The first-order valence-corrected chi connectivity index (χ1v) is 19.6. The second-order valence-electron chi connectivity index (χ2n) is 13.9. The van der Waals surface area contributed by atoms with Crippen LogP contribution in [0, 0.1) is 0 Å². The average Bonchev–Trinajstić information content (AvgIpc) is 3.32. The predicted molar refractivity (Wildman–Crippen MR) is 234 cm³/mol. The van der Waals surface area contributed by atoms with Crippen LogP contribution in [0.5, 0.6) is 23.0 Å². The molecule has 0 spiro atoms. The van der Waals surface area contributed by atoms with E-state index in [0.717, 1.165) is 11.1 Å². The van der Waals surface area contributed by atoms with Crippen LogP contribution in [0.3, 0.4) is 0 Å². The summed E-state index contributed by atoms with van der Waals surface area (Å²) in [5, 5.41) is 22.1. The van der Waals surface area contributed by atoms with Crippen LogP contribution in [0.4, 0.5) is 11.4 Å². The molecular formula is C50H38N2O12. The Kier molecular flexibility index (Phi) is 14.0. The lowest BCUT2D eigenvalue weighted by Crippen LogP contribution is -2.18. The third kappa shape index (κ3) is 11.7. The highest BCUT2D eigenvalue weighted by molar-refractivity contribution is 6.12. The molecular weight excluding hydrogens is 821 g/mol. The van der Waals surface area contributed by atoms with Gasteiger partial charge in [-0.1, -0.05) is 60.7 Å². The van der Waals surface area contributed by atoms with Crippen molar-refractivity contribution >= 4 is 41.2 Å². The quantitative estimate of drug-likeness (QED) is 0.0470. The number of benzene rings is 7. The monoisotopic (exact) mass is 858 g/mol. The van der Waals surface area contributed by atoms with Gasteiger partial charge in [0.2, 0.25) is 0 Å². The van der Waals surface area contributed by atoms with Crippen LogP contribution >= 0.6 is 0 Å². The van der Waals surface area contributed by atoms with E-state index in [-0.39, 0.29) is 53.2 Å². The minimum absolute atomic E-state index is 0.0133. The molecule has 0 heterocycles. The zero-order chi connectivity index (χ0) is 44.8. The summed E-state index contributed by atoms with van der Waals surface area (Å²) in [5.41, 5.74) is 5.29. The number of esters is 2. The molecule has 64 heavy (non-hydrogen) atoms. The summed E-state index contributed by atoms with van der Waals surface area (Å²) in [6.07, 6.45) is 0. The van der Waals surface area contributed by atoms with Gasteiger partial charge in [-0.2, -0.15) is 0 Å². The van der Waals surface area contributed by atoms with Crippen molar-refractivity contribution in [1.82, 2.24) is 0 Å². The van der Waals surface area contributed by atoms with Crippen LogP contribution in [-0.4, -0.2) is 40.0 Å². The number of amides is 1. The van der Waals surface area contributed by atoms with Crippen molar-refractivity contribution in [1.29, 1.82) is 0 Å². The molecule has 0 unspecified atom stereocenters. The lowest BCUT2D eigenvalue weighted by molar-refractivity contribution is 0.0463. The highest BCUT2D eigenvalue weighted by atomic mass is 16.6. The Balaban J connectivity index is 0.884. The Hall–Kier alpha value is -8.75. The highest BCUT2D eigenvalue weighted by Crippen LogP contribution is 2.29. The van der Waals surface area contributed by atoms with Gasteiger partial charge in [-0.25, -0.2) is 19.2 Å². The Morgan fingerprint density at radius 2 is 0.875 bits per heavy atom. The van der Waals surface area contributed by atoms with Crippen LogP contribution in [0.1, 0.15) is 68.5 Å². The molecule has 7 rings (SSSR count). The van der Waals surface area contributed by atoms with E-state index in [2.05, 4.69) is 10.8 Å². The fourth-order valence-electron chi connectivity index (χ4n) is 6.15. The summed E-state index contributed by atoms with van der Waals surface area (Å²) >= 11 is 0. The minimum atomic E-state index is -1.33. The summed E-state index contributed by atoms with van der Waals surface area (Å²) in [4.78, 5) is 68.0. The average molecular weight is 859 g/mol. The fourth-order valence-corrected chi connectivity index (χ4v) is 6.15. The largest absolute Gasteiger partial charge is 0.478 e. The third-order valence-electron chi connectivity index (χ3n) is 9.41. The van der Waals surface area contributed by atoms with Crippen LogP contribution in [0.15, 0.2) is 170 Å². The maximum atomic E-state index is 13.2. The number of carboxylic acids is 2. The lowest BCUT2D eigenvalue weighted by Gasteiger charge is -2.12. The van der Waals surface area contributed by atoms with Crippen molar-refractivity contribution < 1.29 is 58.0 Å². The van der Waals surface area contributed by atoms with Crippen molar-refractivity contribution in [3.63, 3.8) is 0 Å². The first kappa shape index (κ1) is 43.3. The molecule has 0 atom stereocenters. The normalized spacial score (nSPS) is 10.6. The standard InChI is InChI=1S/C50H38N2O12/c53-46(45-28-35(12-26-44(45)48(56)57)50(59)61-30-33-9-5-2-6-10-33)51-37-13-17-39(18-14-37)63-41-21-23-42(24-22-41)64-40-19-15-38(16-20-40)52-62-31-36-27-34(11-25-43(36)47(54)55)49(58)60-29-32-7-3-1-4-8-32/h1-28,52H,29-31H2,(H,51,53)(H,54,55)(H,56,57). The number of hydrogen-bond donors (Lipinski definition) is 4. The van der Waals surface area contributed by atoms with E-state index in [1.165, 1.54) is 36.4 Å². The molecule has 14 nitrogen and oxygen atoms in total. The molecule has 7 aromatic carbocycles. The molecule has 4 N–H and O–H groups in total. The molecule has 0 radical (unpaired) electrons. The Labute approximate surface area is 366 Å². The number of carbonyl (C=O) groups is 5. The summed E-state index contributed by atoms with van der Waals surface area (Å²) < 4.78 is 22.7. The Morgan fingerprint density at radius 1 is 0.438 bits per heavy atom. The molecule has 0 aromatic heterocycles. The summed E-state index contributed by atoms with van der Waals surface area (Å²) in [5.74, 6) is -2.51. The third-order valence-corrected chi connectivity index (χ3v) is 9.41. The van der Waals surface area contributed by atoms with Crippen LogP contribution in [-0.2, 0) is 34.1 Å². The molecule has 0 saturated carbocycles. The molecule has 0 aliphatic carbocycles. The maximum Gasteiger partial charge on any atom is 0.338 e. The summed E-state index contributed by atoms with van der Waals surface area (Å²) in [6, 6.07) is 46.2. The van der Waals surface area contributed by atoms with Crippen LogP contribution in [0.25, 0.3) is 0 Å². The molecule has 0 bridgehead atoms. The number of aromatic carboxylic acids is 2. The number of rotatable bonds is 18. The van der Waals surface area contributed by atoms with Gasteiger partial charge in [0.25, 0.3) is 5.91 Å². The van der Waals surface area contributed by atoms with Crippen molar-refractivity contribution in [2.75, 3.05) is 10.8 Å². The van der Waals surface area contributed by atoms with E-state index in [1.807, 2.05) is 48.5 Å². The van der Waals surface area contributed by atoms with Crippen LogP contribution < -0.4 is 20.3 Å². The highest BCUT2D eigenvalue weighted by Gasteiger charge is 2.21. The van der Waals surface area contributed by atoms with Gasteiger partial charge < -0.3 is 34.5 Å². The lowest BCUT2D eigenvalue weighted by atomic mass is 10.0. The Morgan fingerprint density at radius 3 is 1.36 bits per heavy atom. The maximum absolute atomic E-state index is 13.2. The number of carboxylic acid groups (broad SMARTS) is 2. The second-order valence-corrected chi connectivity index (χ2v) is 13.9. The van der Waals surface area contributed by atoms with Gasteiger partial charge >= 0.3 is 23.9 Å². The van der Waals surface area contributed by atoms with Gasteiger partial charge in [-0.15, -0.1) is 0 Å². The van der Waals surface area contributed by atoms with Crippen molar-refractivity contribution in [3.05, 3.63) is 214 Å². The van der Waals surface area contributed by atoms with Gasteiger partial charge in [-0.05, 0) is 126 Å². The number of hydrogen-bond acceptors (Lipinski definition) is 11. The van der Waals surface area contributed by atoms with E-state index in [1.54, 1.807) is 84.9 Å². The molecule has 1 amide bonds. The van der Waals surface area contributed by atoms with E-state index < -0.39 is 29.8 Å². The Bertz CT molecular complexity index is 2760. The van der Waals surface area contributed by atoms with E-state index in [4.69, 9.17) is 23.8 Å². The van der Waals surface area contributed by atoms with E-state index >= 15 is 0 Å².